The number of nitrogens with zero attached hydrogens (tertiary/aromatic N) is 2. The van der Waals surface area contributed by atoms with Crippen LogP contribution in [-0.2, 0) is 0 Å². The highest BCUT2D eigenvalue weighted by Crippen LogP contribution is 2.35. The van der Waals surface area contributed by atoms with Crippen molar-refractivity contribution in [3.8, 4) is 0 Å². The molecule has 0 spiro atoms. The summed E-state index contributed by atoms with van der Waals surface area (Å²) in [6.45, 7) is 3.66. The van der Waals surface area contributed by atoms with Gasteiger partial charge in [0.05, 0.1) is 5.69 Å². The zero-order valence-corrected chi connectivity index (χ0v) is 10.6. The van der Waals surface area contributed by atoms with Crippen molar-refractivity contribution in [2.45, 2.75) is 39.0 Å². The van der Waals surface area contributed by atoms with Gasteiger partial charge < -0.3 is 11.1 Å². The van der Waals surface area contributed by atoms with E-state index in [4.69, 9.17) is 5.73 Å². The lowest BCUT2D eigenvalue weighted by Gasteiger charge is -2.36. The van der Waals surface area contributed by atoms with Gasteiger partial charge in [0.1, 0.15) is 5.82 Å². The van der Waals surface area contributed by atoms with Gasteiger partial charge in [0.25, 0.3) is 0 Å². The first-order chi connectivity index (χ1) is 8.26. The van der Waals surface area contributed by atoms with Crippen LogP contribution < -0.4 is 11.1 Å². The van der Waals surface area contributed by atoms with Crippen LogP contribution in [0.25, 0.3) is 0 Å². The van der Waals surface area contributed by atoms with Crippen LogP contribution in [-0.4, -0.2) is 23.1 Å². The topological polar surface area (TPSA) is 63.8 Å². The van der Waals surface area contributed by atoms with Crippen molar-refractivity contribution in [1.29, 1.82) is 0 Å². The third-order valence-corrected chi connectivity index (χ3v) is 3.86. The Hall–Kier alpha value is -1.16. The van der Waals surface area contributed by atoms with Gasteiger partial charge in [-0.2, -0.15) is 0 Å². The first-order valence-corrected chi connectivity index (χ1v) is 6.47. The summed E-state index contributed by atoms with van der Waals surface area (Å²) >= 11 is 0. The Bertz CT molecular complexity index is 358. The minimum absolute atomic E-state index is 0.266. The molecule has 2 rings (SSSR count). The van der Waals surface area contributed by atoms with E-state index in [-0.39, 0.29) is 5.41 Å². The molecule has 94 valence electrons. The molecule has 0 unspecified atom stereocenters. The number of anilines is 1. The lowest BCUT2D eigenvalue weighted by atomic mass is 9.74. The highest BCUT2D eigenvalue weighted by molar-refractivity contribution is 5.38. The van der Waals surface area contributed by atoms with Gasteiger partial charge in [-0.25, -0.2) is 4.98 Å². The molecule has 1 fully saturated rings. The Balaban J connectivity index is 1.98. The summed E-state index contributed by atoms with van der Waals surface area (Å²) in [5, 5.41) is 3.42. The summed E-state index contributed by atoms with van der Waals surface area (Å²) in [7, 11) is 0. The van der Waals surface area contributed by atoms with Crippen LogP contribution in [0, 0.1) is 12.3 Å². The molecule has 1 aromatic heterocycles. The van der Waals surface area contributed by atoms with Crippen LogP contribution in [0.1, 0.15) is 37.8 Å². The minimum atomic E-state index is 0.266. The summed E-state index contributed by atoms with van der Waals surface area (Å²) in [5.41, 5.74) is 7.18. The molecule has 1 heterocycles. The Labute approximate surface area is 103 Å². The molecular formula is C13H22N4. The Morgan fingerprint density at radius 2 is 1.94 bits per heavy atom. The van der Waals surface area contributed by atoms with E-state index < -0.39 is 0 Å². The molecule has 1 saturated carbocycles. The van der Waals surface area contributed by atoms with Crippen molar-refractivity contribution in [2.24, 2.45) is 11.1 Å². The van der Waals surface area contributed by atoms with Gasteiger partial charge >= 0.3 is 0 Å². The molecule has 1 aliphatic rings. The summed E-state index contributed by atoms with van der Waals surface area (Å²) < 4.78 is 0. The van der Waals surface area contributed by atoms with Crippen molar-refractivity contribution >= 4 is 5.82 Å². The number of aryl methyl sites for hydroxylation is 1. The second-order valence-electron chi connectivity index (χ2n) is 5.11. The zero-order chi connectivity index (χ0) is 12.1. The third-order valence-electron chi connectivity index (χ3n) is 3.86. The van der Waals surface area contributed by atoms with E-state index in [2.05, 4.69) is 15.3 Å². The maximum absolute atomic E-state index is 5.96. The van der Waals surface area contributed by atoms with Gasteiger partial charge in [-0.1, -0.05) is 19.3 Å². The van der Waals surface area contributed by atoms with E-state index in [0.717, 1.165) is 24.6 Å². The normalized spacial score (nSPS) is 18.9. The van der Waals surface area contributed by atoms with E-state index in [1.54, 1.807) is 12.4 Å². The summed E-state index contributed by atoms with van der Waals surface area (Å²) in [6.07, 6.45) is 9.87. The number of rotatable bonds is 4. The molecule has 0 saturated heterocycles. The van der Waals surface area contributed by atoms with Crippen LogP contribution in [0.3, 0.4) is 0 Å². The Morgan fingerprint density at radius 1 is 1.24 bits per heavy atom. The van der Waals surface area contributed by atoms with Crippen LogP contribution in [0.5, 0.6) is 0 Å². The zero-order valence-electron chi connectivity index (χ0n) is 10.6. The van der Waals surface area contributed by atoms with Crippen LogP contribution in [0.15, 0.2) is 12.4 Å². The molecule has 0 bridgehead atoms. The van der Waals surface area contributed by atoms with Crippen LogP contribution >= 0.6 is 0 Å². The van der Waals surface area contributed by atoms with E-state index in [1.165, 1.54) is 32.1 Å². The van der Waals surface area contributed by atoms with E-state index >= 15 is 0 Å². The van der Waals surface area contributed by atoms with Crippen LogP contribution in [0.4, 0.5) is 5.82 Å². The molecule has 1 aromatic rings. The van der Waals surface area contributed by atoms with Crippen molar-refractivity contribution in [2.75, 3.05) is 18.4 Å². The van der Waals surface area contributed by atoms with Crippen molar-refractivity contribution < 1.29 is 0 Å². The predicted octanol–water partition coefficient (Wildman–Crippen LogP) is 2.11. The first-order valence-electron chi connectivity index (χ1n) is 6.47. The maximum Gasteiger partial charge on any atom is 0.147 e. The lowest BCUT2D eigenvalue weighted by Crippen LogP contribution is -2.39. The fraction of sp³-hybridized carbons (Fsp3) is 0.692. The summed E-state index contributed by atoms with van der Waals surface area (Å²) in [6, 6.07) is 0. The van der Waals surface area contributed by atoms with E-state index in [0.29, 0.717) is 0 Å². The van der Waals surface area contributed by atoms with Gasteiger partial charge in [-0.05, 0) is 31.7 Å². The molecule has 4 heteroatoms. The monoisotopic (exact) mass is 234 g/mol. The molecule has 0 amide bonds. The van der Waals surface area contributed by atoms with Gasteiger partial charge in [-0.3, -0.25) is 4.98 Å². The second kappa shape index (κ2) is 5.45. The number of nitrogens with one attached hydrogen (secondary N) is 1. The predicted molar refractivity (Wildman–Crippen MR) is 69.8 cm³/mol. The van der Waals surface area contributed by atoms with E-state index in [1.807, 2.05) is 6.92 Å². The van der Waals surface area contributed by atoms with Crippen LogP contribution in [0.2, 0.25) is 0 Å². The molecule has 17 heavy (non-hydrogen) atoms. The fourth-order valence-electron chi connectivity index (χ4n) is 2.61. The number of hydrogen-bond acceptors (Lipinski definition) is 4. The maximum atomic E-state index is 5.96. The molecular weight excluding hydrogens is 212 g/mol. The van der Waals surface area contributed by atoms with Crippen molar-refractivity contribution in [3.63, 3.8) is 0 Å². The lowest BCUT2D eigenvalue weighted by molar-refractivity contribution is 0.215. The molecule has 1 aliphatic carbocycles. The smallest absolute Gasteiger partial charge is 0.147 e. The SMILES string of the molecule is Cc1nccnc1NCC1(CN)CCCCC1. The van der Waals surface area contributed by atoms with E-state index in [9.17, 15) is 0 Å². The number of hydrogen-bond donors (Lipinski definition) is 2. The van der Waals surface area contributed by atoms with Gasteiger partial charge in [0.15, 0.2) is 0 Å². The summed E-state index contributed by atoms with van der Waals surface area (Å²) in [5.74, 6) is 0.894. The number of aromatic nitrogens is 2. The Morgan fingerprint density at radius 3 is 2.59 bits per heavy atom. The fourth-order valence-corrected chi connectivity index (χ4v) is 2.61. The Kier molecular flexibility index (Phi) is 3.94. The van der Waals surface area contributed by atoms with Gasteiger partial charge in [0.2, 0.25) is 0 Å². The molecule has 0 aliphatic heterocycles. The molecule has 0 atom stereocenters. The largest absolute Gasteiger partial charge is 0.368 e. The second-order valence-corrected chi connectivity index (χ2v) is 5.11. The van der Waals surface area contributed by atoms with Gasteiger partial charge in [-0.15, -0.1) is 0 Å². The standard InChI is InChI=1S/C13H22N4/c1-11-12(16-8-7-15-11)17-10-13(9-14)5-3-2-4-6-13/h7-8H,2-6,9-10,14H2,1H3,(H,16,17). The average molecular weight is 234 g/mol. The third kappa shape index (κ3) is 2.94. The highest BCUT2D eigenvalue weighted by Gasteiger charge is 2.30. The van der Waals surface area contributed by atoms with Crippen molar-refractivity contribution in [1.82, 2.24) is 9.97 Å². The van der Waals surface area contributed by atoms with Crippen molar-refractivity contribution in [3.05, 3.63) is 18.1 Å². The number of nitrogens with two attached hydrogens (primary N) is 1. The molecule has 0 aromatic carbocycles. The van der Waals surface area contributed by atoms with Gasteiger partial charge in [0, 0.05) is 18.9 Å². The molecule has 0 radical (unpaired) electrons. The quantitative estimate of drug-likeness (QED) is 0.837. The summed E-state index contributed by atoms with van der Waals surface area (Å²) in [4.78, 5) is 8.55. The highest BCUT2D eigenvalue weighted by atomic mass is 15.0. The molecule has 3 N–H and O–H groups in total. The first kappa shape index (κ1) is 12.3. The minimum Gasteiger partial charge on any atom is -0.368 e. The molecule has 4 nitrogen and oxygen atoms in total. The average Bonchev–Trinajstić information content (AvgIpc) is 2.39.